The third-order valence-corrected chi connectivity index (χ3v) is 7.62. The molecule has 1 aliphatic heterocycles. The van der Waals surface area contributed by atoms with Crippen LogP contribution in [0.1, 0.15) is 49.3 Å². The molecule has 6 heteroatoms. The van der Waals surface area contributed by atoms with E-state index >= 15 is 0 Å². The molecule has 3 aromatic rings. The molecule has 0 saturated carbocycles. The summed E-state index contributed by atoms with van der Waals surface area (Å²) in [7, 11) is 3.32. The summed E-state index contributed by atoms with van der Waals surface area (Å²) >= 11 is 0. The van der Waals surface area contributed by atoms with E-state index in [1.54, 1.807) is 20.3 Å². The van der Waals surface area contributed by atoms with E-state index in [9.17, 15) is 5.11 Å². The summed E-state index contributed by atoms with van der Waals surface area (Å²) in [6, 6.07) is 20.2. The highest BCUT2D eigenvalue weighted by Crippen LogP contribution is 2.32. The van der Waals surface area contributed by atoms with Crippen LogP contribution in [0, 0.1) is 0 Å². The summed E-state index contributed by atoms with van der Waals surface area (Å²) in [5.74, 6) is 2.85. The first-order valence-electron chi connectivity index (χ1n) is 14.3. The molecule has 0 amide bonds. The van der Waals surface area contributed by atoms with Gasteiger partial charge in [-0.2, -0.15) is 0 Å². The zero-order valence-electron chi connectivity index (χ0n) is 23.8. The van der Waals surface area contributed by atoms with E-state index in [-0.39, 0.29) is 0 Å². The van der Waals surface area contributed by atoms with Crippen LogP contribution in [0.15, 0.2) is 60.7 Å². The molecule has 1 fully saturated rings. The number of aryl methyl sites for hydroxylation is 2. The Labute approximate surface area is 234 Å². The highest BCUT2D eigenvalue weighted by molar-refractivity contribution is 5.56. The van der Waals surface area contributed by atoms with Crippen LogP contribution >= 0.6 is 0 Å². The van der Waals surface area contributed by atoms with Crippen LogP contribution in [0.3, 0.4) is 0 Å². The molecule has 210 valence electrons. The number of anilines is 1. The SMILES string of the molecule is CCN(Cc1ccc(OCCN2CCCC2)cc1)c1ccc(OC)c(OC)c1.Oc1ccc2c(c1)CCCC2. The van der Waals surface area contributed by atoms with Gasteiger partial charge >= 0.3 is 0 Å². The van der Waals surface area contributed by atoms with Gasteiger partial charge in [-0.3, -0.25) is 4.90 Å². The molecule has 0 radical (unpaired) electrons. The Morgan fingerprint density at radius 1 is 0.795 bits per heavy atom. The number of rotatable bonds is 10. The Morgan fingerprint density at radius 2 is 1.51 bits per heavy atom. The highest BCUT2D eigenvalue weighted by atomic mass is 16.5. The third kappa shape index (κ3) is 8.30. The Balaban J connectivity index is 0.000000265. The fraction of sp³-hybridized carbons (Fsp3) is 0.455. The average molecular weight is 533 g/mol. The molecule has 0 aromatic heterocycles. The highest BCUT2D eigenvalue weighted by Gasteiger charge is 2.12. The molecule has 0 bridgehead atoms. The normalized spacial score (nSPS) is 14.6. The monoisotopic (exact) mass is 532 g/mol. The summed E-state index contributed by atoms with van der Waals surface area (Å²) in [5.41, 5.74) is 5.14. The van der Waals surface area contributed by atoms with E-state index < -0.39 is 0 Å². The van der Waals surface area contributed by atoms with Crippen molar-refractivity contribution in [3.05, 3.63) is 77.4 Å². The van der Waals surface area contributed by atoms with Crippen molar-refractivity contribution in [3.63, 3.8) is 0 Å². The zero-order valence-corrected chi connectivity index (χ0v) is 23.8. The predicted molar refractivity (Wildman–Crippen MR) is 159 cm³/mol. The van der Waals surface area contributed by atoms with Crippen molar-refractivity contribution in [3.8, 4) is 23.0 Å². The Morgan fingerprint density at radius 3 is 2.21 bits per heavy atom. The number of likely N-dealkylation sites (tertiary alicyclic amines) is 1. The van der Waals surface area contributed by atoms with Gasteiger partial charge in [0.1, 0.15) is 18.1 Å². The number of benzene rings is 3. The van der Waals surface area contributed by atoms with E-state index in [4.69, 9.17) is 14.2 Å². The number of hydrogen-bond acceptors (Lipinski definition) is 6. The Hall–Kier alpha value is -3.38. The van der Waals surface area contributed by atoms with Crippen LogP contribution in [0.4, 0.5) is 5.69 Å². The Bertz CT molecular complexity index is 1160. The smallest absolute Gasteiger partial charge is 0.162 e. The first kappa shape index (κ1) is 28.6. The van der Waals surface area contributed by atoms with Gasteiger partial charge < -0.3 is 24.2 Å². The molecule has 2 aliphatic rings. The molecule has 0 unspecified atom stereocenters. The molecule has 39 heavy (non-hydrogen) atoms. The number of ether oxygens (including phenoxy) is 3. The van der Waals surface area contributed by atoms with Crippen molar-refractivity contribution in [2.45, 2.75) is 52.0 Å². The molecule has 3 aromatic carbocycles. The molecule has 1 N–H and O–H groups in total. The fourth-order valence-electron chi connectivity index (χ4n) is 5.34. The van der Waals surface area contributed by atoms with Gasteiger partial charge in [0.25, 0.3) is 0 Å². The lowest BCUT2D eigenvalue weighted by atomic mass is 9.92. The number of fused-ring (bicyclic) bond motifs is 1. The fourth-order valence-corrected chi connectivity index (χ4v) is 5.34. The quantitative estimate of drug-likeness (QED) is 0.323. The van der Waals surface area contributed by atoms with Crippen molar-refractivity contribution in [2.75, 3.05) is 51.9 Å². The van der Waals surface area contributed by atoms with Crippen LogP contribution < -0.4 is 19.1 Å². The standard InChI is InChI=1S/C23H32N2O3.C10H12O/c1-4-25(20-9-12-22(26-2)23(17-20)27-3)18-19-7-10-21(11-8-19)28-16-15-24-13-5-6-14-24;11-10-6-5-8-3-1-2-4-9(8)7-10/h7-12,17H,4-6,13-16,18H2,1-3H3;5-7,11H,1-4H2. The molecule has 0 spiro atoms. The minimum atomic E-state index is 0.408. The van der Waals surface area contributed by atoms with Crippen LogP contribution in [-0.4, -0.2) is 57.0 Å². The van der Waals surface area contributed by atoms with E-state index in [0.717, 1.165) is 55.6 Å². The maximum atomic E-state index is 9.19. The molecule has 1 aliphatic carbocycles. The van der Waals surface area contributed by atoms with Gasteiger partial charge in [-0.15, -0.1) is 0 Å². The lowest BCUT2D eigenvalue weighted by Crippen LogP contribution is -2.25. The van der Waals surface area contributed by atoms with Gasteiger partial charge in [0.05, 0.1) is 14.2 Å². The summed E-state index contributed by atoms with van der Waals surface area (Å²) in [6.45, 7) is 8.10. The lowest BCUT2D eigenvalue weighted by Gasteiger charge is -2.24. The van der Waals surface area contributed by atoms with Crippen LogP contribution in [-0.2, 0) is 19.4 Å². The van der Waals surface area contributed by atoms with Crippen LogP contribution in [0.25, 0.3) is 0 Å². The number of methoxy groups -OCH3 is 2. The van der Waals surface area contributed by atoms with Crippen molar-refractivity contribution in [1.29, 1.82) is 0 Å². The second kappa shape index (κ2) is 14.7. The van der Waals surface area contributed by atoms with Crippen LogP contribution in [0.2, 0.25) is 0 Å². The number of nitrogens with zero attached hydrogens (tertiary/aromatic N) is 2. The van der Waals surface area contributed by atoms with E-state index in [1.807, 2.05) is 24.3 Å². The summed E-state index contributed by atoms with van der Waals surface area (Å²) in [5, 5.41) is 9.19. The minimum Gasteiger partial charge on any atom is -0.508 e. The van der Waals surface area contributed by atoms with Gasteiger partial charge in [-0.05, 0) is 112 Å². The van der Waals surface area contributed by atoms with Crippen molar-refractivity contribution < 1.29 is 19.3 Å². The zero-order chi connectivity index (χ0) is 27.5. The molecular weight excluding hydrogens is 488 g/mol. The number of phenols is 1. The van der Waals surface area contributed by atoms with Gasteiger partial charge in [0.2, 0.25) is 0 Å². The predicted octanol–water partition coefficient (Wildman–Crippen LogP) is 6.48. The summed E-state index contributed by atoms with van der Waals surface area (Å²) in [6.07, 6.45) is 7.55. The lowest BCUT2D eigenvalue weighted by molar-refractivity contribution is 0.238. The topological polar surface area (TPSA) is 54.4 Å². The molecule has 0 atom stereocenters. The second-order valence-corrected chi connectivity index (χ2v) is 10.3. The third-order valence-electron chi connectivity index (χ3n) is 7.62. The first-order chi connectivity index (χ1) is 19.1. The van der Waals surface area contributed by atoms with Crippen molar-refractivity contribution in [1.82, 2.24) is 4.90 Å². The molecule has 1 saturated heterocycles. The summed E-state index contributed by atoms with van der Waals surface area (Å²) < 4.78 is 16.7. The Kier molecular flexibility index (Phi) is 10.8. The van der Waals surface area contributed by atoms with Gasteiger partial charge in [0, 0.05) is 31.4 Å². The number of aromatic hydroxyl groups is 1. The van der Waals surface area contributed by atoms with Gasteiger partial charge in [-0.1, -0.05) is 18.2 Å². The summed E-state index contributed by atoms with van der Waals surface area (Å²) in [4.78, 5) is 4.78. The van der Waals surface area contributed by atoms with Gasteiger partial charge in [-0.25, -0.2) is 0 Å². The second-order valence-electron chi connectivity index (χ2n) is 10.3. The van der Waals surface area contributed by atoms with Crippen molar-refractivity contribution >= 4 is 5.69 Å². The maximum Gasteiger partial charge on any atom is 0.162 e. The van der Waals surface area contributed by atoms with E-state index in [0.29, 0.717) is 5.75 Å². The number of hydrogen-bond donors (Lipinski definition) is 1. The molecule has 5 rings (SSSR count). The molecule has 6 nitrogen and oxygen atoms in total. The molecule has 1 heterocycles. The first-order valence-corrected chi connectivity index (χ1v) is 14.3. The van der Waals surface area contributed by atoms with E-state index in [2.05, 4.69) is 47.1 Å². The number of phenolic OH excluding ortho intramolecular Hbond substituents is 1. The average Bonchev–Trinajstić information content (AvgIpc) is 3.50. The van der Waals surface area contributed by atoms with E-state index in [1.165, 1.54) is 61.9 Å². The maximum absolute atomic E-state index is 9.19. The van der Waals surface area contributed by atoms with Crippen LogP contribution in [0.5, 0.6) is 23.0 Å². The largest absolute Gasteiger partial charge is 0.508 e. The van der Waals surface area contributed by atoms with Crippen molar-refractivity contribution in [2.24, 2.45) is 0 Å². The minimum absolute atomic E-state index is 0.408. The van der Waals surface area contributed by atoms with Gasteiger partial charge in [0.15, 0.2) is 11.5 Å². The molecular formula is C33H44N2O4.